The Morgan fingerprint density at radius 1 is 0.543 bits per heavy atom. The van der Waals surface area contributed by atoms with E-state index >= 15 is 0 Å². The summed E-state index contributed by atoms with van der Waals surface area (Å²) in [5, 5.41) is 22.9. The van der Waals surface area contributed by atoms with Gasteiger partial charge in [-0.1, -0.05) is 117 Å². The van der Waals surface area contributed by atoms with E-state index in [0.717, 1.165) is 38.5 Å². The number of rotatable bonds is 22. The molecule has 8 heteroatoms. The average molecular weight is 515 g/mol. The SMILES string of the molecule is CCCCCCCCCCCC1(CCCCCCCCCCC)OC(C(=O)[O-])C(C(=O)[O-])O1.[Na+].[Na+]. The molecule has 0 amide bonds. The van der Waals surface area contributed by atoms with Gasteiger partial charge in [0.2, 0.25) is 0 Å². The maximum Gasteiger partial charge on any atom is 1.00 e. The van der Waals surface area contributed by atoms with Crippen LogP contribution in [-0.4, -0.2) is 29.9 Å². The molecule has 2 unspecified atom stereocenters. The first kappa shape index (κ1) is 38.0. The van der Waals surface area contributed by atoms with Gasteiger partial charge in [-0.25, -0.2) is 0 Å². The molecule has 0 bridgehead atoms. The summed E-state index contributed by atoms with van der Waals surface area (Å²) in [6.07, 6.45) is 18.9. The number of hydrogen-bond acceptors (Lipinski definition) is 6. The van der Waals surface area contributed by atoms with Crippen LogP contribution in [0.5, 0.6) is 0 Å². The van der Waals surface area contributed by atoms with E-state index in [1.165, 1.54) is 77.0 Å². The molecule has 0 aromatic heterocycles. The van der Waals surface area contributed by atoms with Crippen LogP contribution < -0.4 is 69.3 Å². The fourth-order valence-corrected chi connectivity index (χ4v) is 4.73. The van der Waals surface area contributed by atoms with Gasteiger partial charge >= 0.3 is 59.1 Å². The van der Waals surface area contributed by atoms with Crippen molar-refractivity contribution in [1.29, 1.82) is 0 Å². The van der Waals surface area contributed by atoms with Crippen LogP contribution in [-0.2, 0) is 19.1 Å². The van der Waals surface area contributed by atoms with Crippen LogP contribution in [0.15, 0.2) is 0 Å². The molecule has 194 valence electrons. The van der Waals surface area contributed by atoms with E-state index in [0.29, 0.717) is 12.8 Å². The second-order valence-electron chi connectivity index (χ2n) is 9.78. The zero-order chi connectivity index (χ0) is 24.4. The Kier molecular flexibility index (Phi) is 26.0. The molecule has 1 heterocycles. The molecule has 0 spiro atoms. The van der Waals surface area contributed by atoms with E-state index in [-0.39, 0.29) is 59.1 Å². The molecule has 1 fully saturated rings. The van der Waals surface area contributed by atoms with Gasteiger partial charge in [-0.2, -0.15) is 0 Å². The van der Waals surface area contributed by atoms with Crippen molar-refractivity contribution in [3.8, 4) is 0 Å². The molecule has 6 nitrogen and oxygen atoms in total. The fourth-order valence-electron chi connectivity index (χ4n) is 4.73. The number of carboxylic acid groups (broad SMARTS) is 2. The Bertz CT molecular complexity index is 486. The average Bonchev–Trinajstić information content (AvgIpc) is 3.18. The number of unbranched alkanes of at least 4 members (excludes halogenated alkanes) is 16. The van der Waals surface area contributed by atoms with E-state index in [4.69, 9.17) is 9.47 Å². The van der Waals surface area contributed by atoms with E-state index in [1.807, 2.05) is 0 Å². The quantitative estimate of drug-likeness (QED) is 0.133. The van der Waals surface area contributed by atoms with Crippen molar-refractivity contribution in [1.82, 2.24) is 0 Å². The zero-order valence-corrected chi connectivity index (χ0v) is 27.2. The van der Waals surface area contributed by atoms with Gasteiger partial charge in [0.05, 0.1) is 11.9 Å². The van der Waals surface area contributed by atoms with Crippen molar-refractivity contribution in [2.75, 3.05) is 0 Å². The van der Waals surface area contributed by atoms with E-state index in [9.17, 15) is 19.8 Å². The predicted octanol–water partition coefficient (Wildman–Crippen LogP) is -1.18. The smallest absolute Gasteiger partial charge is 0.547 e. The molecule has 0 aromatic rings. The molecule has 0 radical (unpaired) electrons. The Labute approximate surface area is 258 Å². The molecule has 0 aromatic carbocycles. The molecule has 1 saturated heterocycles. The second kappa shape index (κ2) is 23.9. The van der Waals surface area contributed by atoms with Crippen LogP contribution in [0.1, 0.15) is 142 Å². The fraction of sp³-hybridized carbons (Fsp3) is 0.926. The molecule has 0 N–H and O–H groups in total. The Balaban J connectivity index is 0. The predicted molar refractivity (Wildman–Crippen MR) is 126 cm³/mol. The van der Waals surface area contributed by atoms with E-state index in [1.54, 1.807) is 0 Å². The third-order valence-corrected chi connectivity index (χ3v) is 6.75. The molecular formula is C27H48Na2O6. The molecule has 1 rings (SSSR count). The summed E-state index contributed by atoms with van der Waals surface area (Å²) >= 11 is 0. The van der Waals surface area contributed by atoms with E-state index < -0.39 is 29.9 Å². The molecule has 35 heavy (non-hydrogen) atoms. The van der Waals surface area contributed by atoms with Crippen LogP contribution in [0.4, 0.5) is 0 Å². The van der Waals surface area contributed by atoms with Crippen molar-refractivity contribution >= 4 is 11.9 Å². The first-order valence-corrected chi connectivity index (χ1v) is 13.7. The summed E-state index contributed by atoms with van der Waals surface area (Å²) in [6.45, 7) is 4.43. The van der Waals surface area contributed by atoms with Gasteiger partial charge in [0.1, 0.15) is 12.2 Å². The van der Waals surface area contributed by atoms with Crippen LogP contribution >= 0.6 is 0 Å². The van der Waals surface area contributed by atoms with Crippen molar-refractivity contribution in [3.63, 3.8) is 0 Å². The monoisotopic (exact) mass is 514 g/mol. The first-order valence-electron chi connectivity index (χ1n) is 13.7. The summed E-state index contributed by atoms with van der Waals surface area (Å²) in [6, 6.07) is 0. The Hall–Kier alpha value is 0.860. The molecular weight excluding hydrogens is 466 g/mol. The minimum Gasteiger partial charge on any atom is -0.547 e. The maximum atomic E-state index is 11.4. The van der Waals surface area contributed by atoms with Crippen LogP contribution in [0, 0.1) is 0 Å². The molecule has 0 saturated carbocycles. The van der Waals surface area contributed by atoms with Crippen LogP contribution in [0.3, 0.4) is 0 Å². The molecule has 1 aliphatic heterocycles. The van der Waals surface area contributed by atoms with Gasteiger partial charge in [-0.3, -0.25) is 0 Å². The summed E-state index contributed by atoms with van der Waals surface area (Å²) in [4.78, 5) is 22.9. The van der Waals surface area contributed by atoms with Gasteiger partial charge in [0, 0.05) is 12.8 Å². The minimum atomic E-state index is -1.60. The van der Waals surface area contributed by atoms with Gasteiger partial charge in [0.15, 0.2) is 5.79 Å². The third kappa shape index (κ3) is 17.1. The maximum absolute atomic E-state index is 11.4. The largest absolute Gasteiger partial charge is 1.00 e. The number of carbonyl (C=O) groups is 2. The number of ether oxygens (including phenoxy) is 2. The van der Waals surface area contributed by atoms with Crippen LogP contribution in [0.2, 0.25) is 0 Å². The number of aliphatic carboxylic acids is 2. The van der Waals surface area contributed by atoms with Crippen molar-refractivity contribution in [2.24, 2.45) is 0 Å². The topological polar surface area (TPSA) is 98.7 Å². The second-order valence-corrected chi connectivity index (χ2v) is 9.78. The van der Waals surface area contributed by atoms with Gasteiger partial charge in [0.25, 0.3) is 0 Å². The van der Waals surface area contributed by atoms with Crippen molar-refractivity contribution < 1.29 is 88.4 Å². The summed E-state index contributed by atoms with van der Waals surface area (Å²) in [5.74, 6) is -4.26. The van der Waals surface area contributed by atoms with Crippen molar-refractivity contribution in [3.05, 3.63) is 0 Å². The Morgan fingerprint density at radius 3 is 1.06 bits per heavy atom. The molecule has 2 atom stereocenters. The van der Waals surface area contributed by atoms with Crippen LogP contribution in [0.25, 0.3) is 0 Å². The zero-order valence-electron chi connectivity index (χ0n) is 23.2. The Morgan fingerprint density at radius 2 is 0.800 bits per heavy atom. The number of carbonyl (C=O) groups excluding carboxylic acids is 2. The van der Waals surface area contributed by atoms with Gasteiger partial charge in [-0.05, 0) is 12.8 Å². The molecule has 0 aliphatic carbocycles. The number of hydrogen-bond donors (Lipinski definition) is 0. The summed E-state index contributed by atoms with van der Waals surface area (Å²) in [7, 11) is 0. The summed E-state index contributed by atoms with van der Waals surface area (Å²) in [5.41, 5.74) is 0. The van der Waals surface area contributed by atoms with E-state index in [2.05, 4.69) is 13.8 Å². The number of carboxylic acids is 2. The normalized spacial score (nSPS) is 18.6. The summed E-state index contributed by atoms with van der Waals surface area (Å²) < 4.78 is 11.4. The van der Waals surface area contributed by atoms with Crippen molar-refractivity contribution in [2.45, 2.75) is 160 Å². The van der Waals surface area contributed by atoms with Gasteiger partial charge < -0.3 is 29.3 Å². The third-order valence-electron chi connectivity index (χ3n) is 6.75. The van der Waals surface area contributed by atoms with Gasteiger partial charge in [-0.15, -0.1) is 0 Å². The molecule has 1 aliphatic rings. The standard InChI is InChI=1S/C27H50O6.2Na/c1-3-5-7-9-11-13-15-17-19-21-27(22-20-18-16-14-12-10-8-6-4-2)32-23(25(28)29)24(33-27)26(30)31;;/h23-24H,3-22H2,1-2H3,(H,28,29)(H,30,31);;/q;2*+1/p-2. The first-order chi connectivity index (χ1) is 16.0. The minimum absolute atomic E-state index is 0.